The minimum atomic E-state index is -1.26. The number of amides is 3. The maximum Gasteiger partial charge on any atom is 0.325 e. The first kappa shape index (κ1) is 15.4. The Bertz CT molecular complexity index is 950. The molecule has 1 saturated heterocycles. The largest absolute Gasteiger partial charge is 0.458 e. The van der Waals surface area contributed by atoms with Crippen molar-refractivity contribution in [2.45, 2.75) is 32.9 Å². The van der Waals surface area contributed by atoms with Gasteiger partial charge < -0.3 is 14.2 Å². The minimum Gasteiger partial charge on any atom is -0.458 e. The predicted octanol–water partition coefficient (Wildman–Crippen LogP) is 3.00. The first-order valence-electron chi connectivity index (χ1n) is 7.94. The first-order valence-corrected chi connectivity index (χ1v) is 7.94. The summed E-state index contributed by atoms with van der Waals surface area (Å²) >= 11 is 0. The number of furan rings is 1. The highest BCUT2D eigenvalue weighted by molar-refractivity contribution is 6.07. The number of oxazole rings is 1. The molecule has 25 heavy (non-hydrogen) atoms. The zero-order valence-electron chi connectivity index (χ0n) is 14.1. The van der Waals surface area contributed by atoms with Crippen LogP contribution in [0.15, 0.2) is 39.2 Å². The van der Waals surface area contributed by atoms with Gasteiger partial charge in [-0.05, 0) is 32.9 Å². The van der Waals surface area contributed by atoms with Crippen LogP contribution in [0.2, 0.25) is 0 Å². The van der Waals surface area contributed by atoms with Crippen molar-refractivity contribution < 1.29 is 18.4 Å². The van der Waals surface area contributed by atoms with E-state index in [4.69, 9.17) is 8.83 Å². The van der Waals surface area contributed by atoms with Crippen LogP contribution in [0.1, 0.15) is 30.0 Å². The average molecular weight is 339 g/mol. The molecular weight excluding hydrogens is 322 g/mol. The number of fused-ring (bicyclic) bond motifs is 1. The van der Waals surface area contributed by atoms with E-state index in [0.717, 1.165) is 16.0 Å². The first-order chi connectivity index (χ1) is 11.9. The minimum absolute atomic E-state index is 0.0187. The van der Waals surface area contributed by atoms with Crippen molar-refractivity contribution >= 4 is 22.9 Å². The summed E-state index contributed by atoms with van der Waals surface area (Å²) in [7, 11) is 0. The van der Waals surface area contributed by atoms with Crippen LogP contribution in [0.25, 0.3) is 11.0 Å². The molecule has 0 saturated carbocycles. The topological polar surface area (TPSA) is 88.6 Å². The smallest absolute Gasteiger partial charge is 0.325 e. The van der Waals surface area contributed by atoms with Gasteiger partial charge in [-0.3, -0.25) is 9.69 Å². The molecule has 3 aromatic rings. The number of urea groups is 1. The van der Waals surface area contributed by atoms with E-state index in [-0.39, 0.29) is 6.54 Å². The van der Waals surface area contributed by atoms with E-state index in [0.29, 0.717) is 23.0 Å². The third-order valence-electron chi connectivity index (χ3n) is 4.56. The third-order valence-corrected chi connectivity index (χ3v) is 4.56. The number of para-hydroxylation sites is 1. The van der Waals surface area contributed by atoms with E-state index in [1.807, 2.05) is 31.2 Å². The molecule has 0 bridgehead atoms. The summed E-state index contributed by atoms with van der Waals surface area (Å²) < 4.78 is 11.3. The number of carbonyl (C=O) groups excluding carboxylic acids is 2. The lowest BCUT2D eigenvalue weighted by Crippen LogP contribution is -2.40. The fourth-order valence-corrected chi connectivity index (χ4v) is 2.98. The Morgan fingerprint density at radius 2 is 1.96 bits per heavy atom. The normalized spacial score (nSPS) is 20.5. The van der Waals surface area contributed by atoms with E-state index in [9.17, 15) is 9.59 Å². The number of carbonyl (C=O) groups is 2. The fraction of sp³-hybridized carbons (Fsp3) is 0.278. The van der Waals surface area contributed by atoms with Gasteiger partial charge in [-0.25, -0.2) is 9.78 Å². The highest BCUT2D eigenvalue weighted by Gasteiger charge is 2.51. The number of aromatic nitrogens is 1. The SMILES string of the molecule is Cc1nc(CN2C(=O)NC(C)(c3cc4ccccc4o3)C2=O)oc1C. The molecule has 1 aliphatic heterocycles. The molecule has 4 rings (SSSR count). The molecule has 1 unspecified atom stereocenters. The lowest BCUT2D eigenvalue weighted by atomic mass is 9.99. The van der Waals surface area contributed by atoms with E-state index >= 15 is 0 Å². The van der Waals surface area contributed by atoms with Crippen molar-refractivity contribution in [1.29, 1.82) is 0 Å². The predicted molar refractivity (Wildman–Crippen MR) is 88.6 cm³/mol. The monoisotopic (exact) mass is 339 g/mol. The molecule has 0 spiro atoms. The standard InChI is InChI=1S/C18H17N3O4/c1-10-11(2)24-15(19-10)9-21-16(22)18(3,20-17(21)23)14-8-12-6-4-5-7-13(12)25-14/h4-8H,9H2,1-3H3,(H,20,23). The summed E-state index contributed by atoms with van der Waals surface area (Å²) in [6.07, 6.45) is 0. The van der Waals surface area contributed by atoms with Crippen LogP contribution >= 0.6 is 0 Å². The number of hydrogen-bond acceptors (Lipinski definition) is 5. The molecule has 7 heteroatoms. The molecule has 1 atom stereocenters. The quantitative estimate of drug-likeness (QED) is 0.741. The van der Waals surface area contributed by atoms with Crippen molar-refractivity contribution in [3.05, 3.63) is 53.4 Å². The Kier molecular flexibility index (Phi) is 3.21. The van der Waals surface area contributed by atoms with Crippen LogP contribution in [0, 0.1) is 13.8 Å². The Morgan fingerprint density at radius 3 is 2.64 bits per heavy atom. The van der Waals surface area contributed by atoms with Gasteiger partial charge >= 0.3 is 6.03 Å². The van der Waals surface area contributed by atoms with Gasteiger partial charge in [0.1, 0.15) is 23.6 Å². The zero-order chi connectivity index (χ0) is 17.8. The van der Waals surface area contributed by atoms with Gasteiger partial charge in [0.2, 0.25) is 5.89 Å². The lowest BCUT2D eigenvalue weighted by molar-refractivity contribution is -0.132. The zero-order valence-corrected chi connectivity index (χ0v) is 14.1. The summed E-state index contributed by atoms with van der Waals surface area (Å²) in [5.41, 5.74) is 0.146. The molecule has 1 aliphatic rings. The van der Waals surface area contributed by atoms with Gasteiger partial charge in [0.25, 0.3) is 5.91 Å². The third kappa shape index (κ3) is 2.31. The Hall–Kier alpha value is -3.09. The second-order valence-electron chi connectivity index (χ2n) is 6.34. The summed E-state index contributed by atoms with van der Waals surface area (Å²) in [4.78, 5) is 30.6. The molecule has 128 valence electrons. The summed E-state index contributed by atoms with van der Waals surface area (Å²) in [5, 5.41) is 3.60. The molecule has 0 aliphatic carbocycles. The van der Waals surface area contributed by atoms with Crippen molar-refractivity contribution in [3.8, 4) is 0 Å². The summed E-state index contributed by atoms with van der Waals surface area (Å²) in [6.45, 7) is 5.22. The maximum atomic E-state index is 12.9. The summed E-state index contributed by atoms with van der Waals surface area (Å²) in [6, 6.07) is 8.73. The molecule has 1 fully saturated rings. The van der Waals surface area contributed by atoms with Gasteiger partial charge in [-0.15, -0.1) is 0 Å². The average Bonchev–Trinajstić information content (AvgIpc) is 3.20. The van der Waals surface area contributed by atoms with Gasteiger partial charge in [-0.2, -0.15) is 0 Å². The Balaban J connectivity index is 1.67. The van der Waals surface area contributed by atoms with Crippen LogP contribution < -0.4 is 5.32 Å². The van der Waals surface area contributed by atoms with Crippen molar-refractivity contribution in [2.24, 2.45) is 0 Å². The number of hydrogen-bond donors (Lipinski definition) is 1. The van der Waals surface area contributed by atoms with Crippen LogP contribution in [-0.2, 0) is 16.9 Å². The highest BCUT2D eigenvalue weighted by atomic mass is 16.4. The number of nitrogens with zero attached hydrogens (tertiary/aromatic N) is 2. The summed E-state index contributed by atoms with van der Waals surface area (Å²) in [5.74, 6) is 0.994. The highest BCUT2D eigenvalue weighted by Crippen LogP contribution is 2.33. The number of imide groups is 1. The molecule has 1 aromatic carbocycles. The molecule has 1 N–H and O–H groups in total. The van der Waals surface area contributed by atoms with Crippen LogP contribution in [0.3, 0.4) is 0 Å². The molecule has 3 heterocycles. The Labute approximate surface area is 143 Å². The molecule has 3 amide bonds. The molecule has 7 nitrogen and oxygen atoms in total. The van der Waals surface area contributed by atoms with Crippen molar-refractivity contribution in [3.63, 3.8) is 0 Å². The second kappa shape index (κ2) is 5.20. The molecular formula is C18H17N3O4. The van der Waals surface area contributed by atoms with E-state index in [1.54, 1.807) is 19.9 Å². The molecule has 0 radical (unpaired) electrons. The molecule has 2 aromatic heterocycles. The maximum absolute atomic E-state index is 12.9. The van der Waals surface area contributed by atoms with Crippen LogP contribution in [-0.4, -0.2) is 21.8 Å². The van der Waals surface area contributed by atoms with Gasteiger partial charge in [0.05, 0.1) is 5.69 Å². The fourth-order valence-electron chi connectivity index (χ4n) is 2.98. The number of nitrogens with one attached hydrogen (secondary N) is 1. The van der Waals surface area contributed by atoms with Crippen molar-refractivity contribution in [1.82, 2.24) is 15.2 Å². The van der Waals surface area contributed by atoms with E-state index in [1.165, 1.54) is 0 Å². The number of rotatable bonds is 3. The van der Waals surface area contributed by atoms with E-state index in [2.05, 4.69) is 10.3 Å². The van der Waals surface area contributed by atoms with Crippen molar-refractivity contribution in [2.75, 3.05) is 0 Å². The van der Waals surface area contributed by atoms with Crippen LogP contribution in [0.5, 0.6) is 0 Å². The van der Waals surface area contributed by atoms with Gasteiger partial charge in [0, 0.05) is 5.39 Å². The number of aryl methyl sites for hydroxylation is 2. The Morgan fingerprint density at radius 1 is 1.20 bits per heavy atom. The lowest BCUT2D eigenvalue weighted by Gasteiger charge is -2.18. The second-order valence-corrected chi connectivity index (χ2v) is 6.34. The van der Waals surface area contributed by atoms with E-state index < -0.39 is 17.5 Å². The van der Waals surface area contributed by atoms with Gasteiger partial charge in [-0.1, -0.05) is 18.2 Å². The van der Waals surface area contributed by atoms with Crippen LogP contribution in [0.4, 0.5) is 4.79 Å². The van der Waals surface area contributed by atoms with Gasteiger partial charge in [0.15, 0.2) is 5.54 Å². The number of benzene rings is 1.